The Morgan fingerprint density at radius 2 is 1.84 bits per heavy atom. The van der Waals surface area contributed by atoms with E-state index in [4.69, 9.17) is 10.3 Å². The van der Waals surface area contributed by atoms with Crippen molar-refractivity contribution >= 4 is 5.91 Å². The fourth-order valence-corrected chi connectivity index (χ4v) is 2.85. The lowest BCUT2D eigenvalue weighted by Crippen LogP contribution is -2.56. The summed E-state index contributed by atoms with van der Waals surface area (Å²) in [4.78, 5) is 20.7. The van der Waals surface area contributed by atoms with Crippen molar-refractivity contribution in [3.63, 3.8) is 0 Å². The first kappa shape index (κ1) is 17.6. The molecule has 2 N–H and O–H groups in total. The molecule has 1 amide bonds. The minimum Gasteiger partial charge on any atom is -0.339 e. The molecular formula is C18H25N5O2. The summed E-state index contributed by atoms with van der Waals surface area (Å²) >= 11 is 0. The topological polar surface area (TPSA) is 88.5 Å². The van der Waals surface area contributed by atoms with E-state index in [2.05, 4.69) is 15.0 Å². The molecule has 0 atom stereocenters. The molecule has 3 rings (SSSR count). The van der Waals surface area contributed by atoms with Crippen molar-refractivity contribution in [1.82, 2.24) is 19.9 Å². The van der Waals surface area contributed by atoms with Gasteiger partial charge in [-0.1, -0.05) is 35.0 Å². The molecule has 0 bridgehead atoms. The van der Waals surface area contributed by atoms with Gasteiger partial charge in [0.2, 0.25) is 17.6 Å². The standard InChI is InChI=1S/C18H25N5O2/c1-13-4-6-14(7-5-13)16-20-15(25-21-16)12-22-8-10-23(11-9-22)17(24)18(2,3)19/h4-7H,8-12,19H2,1-3H3. The Balaban J connectivity index is 1.56. The predicted octanol–water partition coefficient (Wildman–Crippen LogP) is 1.43. The first-order chi connectivity index (χ1) is 11.8. The van der Waals surface area contributed by atoms with Crippen LogP contribution in [-0.4, -0.2) is 57.6 Å². The van der Waals surface area contributed by atoms with Crippen LogP contribution in [0.1, 0.15) is 25.3 Å². The molecule has 0 spiro atoms. The summed E-state index contributed by atoms with van der Waals surface area (Å²) in [5, 5.41) is 4.06. The van der Waals surface area contributed by atoms with Crippen LogP contribution in [0.3, 0.4) is 0 Å². The molecule has 2 aromatic rings. The number of rotatable bonds is 4. The van der Waals surface area contributed by atoms with E-state index in [0.29, 0.717) is 31.3 Å². The second-order valence-corrected chi connectivity index (χ2v) is 7.17. The zero-order valence-electron chi connectivity index (χ0n) is 15.0. The fraction of sp³-hybridized carbons (Fsp3) is 0.500. The van der Waals surface area contributed by atoms with Crippen molar-refractivity contribution in [2.24, 2.45) is 5.73 Å². The Labute approximate surface area is 147 Å². The van der Waals surface area contributed by atoms with Gasteiger partial charge in [-0.25, -0.2) is 0 Å². The van der Waals surface area contributed by atoms with Gasteiger partial charge in [-0.15, -0.1) is 0 Å². The highest BCUT2D eigenvalue weighted by atomic mass is 16.5. The van der Waals surface area contributed by atoms with E-state index in [1.165, 1.54) is 5.56 Å². The van der Waals surface area contributed by atoms with E-state index in [1.807, 2.05) is 36.1 Å². The summed E-state index contributed by atoms with van der Waals surface area (Å²) in [6.45, 7) is 8.99. The van der Waals surface area contributed by atoms with Gasteiger partial charge in [-0.2, -0.15) is 4.98 Å². The fourth-order valence-electron chi connectivity index (χ4n) is 2.85. The summed E-state index contributed by atoms with van der Waals surface area (Å²) < 4.78 is 5.38. The van der Waals surface area contributed by atoms with E-state index in [-0.39, 0.29) is 5.91 Å². The lowest BCUT2D eigenvalue weighted by Gasteiger charge is -2.36. The molecule has 1 aromatic carbocycles. The molecule has 0 aliphatic carbocycles. The maximum atomic E-state index is 12.2. The molecule has 25 heavy (non-hydrogen) atoms. The second kappa shape index (κ2) is 6.93. The number of nitrogens with zero attached hydrogens (tertiary/aromatic N) is 4. The monoisotopic (exact) mass is 343 g/mol. The third-order valence-corrected chi connectivity index (χ3v) is 4.35. The maximum absolute atomic E-state index is 12.2. The number of hydrogen-bond donors (Lipinski definition) is 1. The van der Waals surface area contributed by atoms with Gasteiger partial charge in [0, 0.05) is 31.7 Å². The van der Waals surface area contributed by atoms with Gasteiger partial charge >= 0.3 is 0 Å². The molecule has 2 heterocycles. The number of aromatic nitrogens is 2. The van der Waals surface area contributed by atoms with Crippen molar-refractivity contribution in [2.45, 2.75) is 32.9 Å². The van der Waals surface area contributed by atoms with Crippen LogP contribution in [0.15, 0.2) is 28.8 Å². The van der Waals surface area contributed by atoms with Crippen LogP contribution in [0, 0.1) is 6.92 Å². The number of carbonyl (C=O) groups is 1. The molecule has 1 aliphatic rings. The quantitative estimate of drug-likeness (QED) is 0.903. The molecule has 7 nitrogen and oxygen atoms in total. The first-order valence-corrected chi connectivity index (χ1v) is 8.53. The summed E-state index contributed by atoms with van der Waals surface area (Å²) in [5.74, 6) is 1.19. The normalized spacial score (nSPS) is 16.2. The smallest absolute Gasteiger partial charge is 0.242 e. The van der Waals surface area contributed by atoms with Crippen molar-refractivity contribution in [3.05, 3.63) is 35.7 Å². The van der Waals surface area contributed by atoms with E-state index in [1.54, 1.807) is 13.8 Å². The van der Waals surface area contributed by atoms with Crippen LogP contribution in [-0.2, 0) is 11.3 Å². The number of nitrogens with two attached hydrogens (primary N) is 1. The molecule has 0 radical (unpaired) electrons. The zero-order valence-corrected chi connectivity index (χ0v) is 15.0. The molecule has 0 unspecified atom stereocenters. The lowest BCUT2D eigenvalue weighted by molar-refractivity contribution is -0.137. The van der Waals surface area contributed by atoms with Crippen LogP contribution < -0.4 is 5.73 Å². The lowest BCUT2D eigenvalue weighted by atomic mass is 10.0. The van der Waals surface area contributed by atoms with Gasteiger partial charge in [0.25, 0.3) is 0 Å². The van der Waals surface area contributed by atoms with Gasteiger partial charge in [-0.05, 0) is 20.8 Å². The number of aryl methyl sites for hydroxylation is 1. The molecule has 0 saturated carbocycles. The molecule has 1 aromatic heterocycles. The number of benzene rings is 1. The Morgan fingerprint density at radius 1 is 1.20 bits per heavy atom. The van der Waals surface area contributed by atoms with Crippen LogP contribution in [0.4, 0.5) is 0 Å². The highest BCUT2D eigenvalue weighted by Gasteiger charge is 2.30. The van der Waals surface area contributed by atoms with E-state index >= 15 is 0 Å². The summed E-state index contributed by atoms with van der Waals surface area (Å²) in [7, 11) is 0. The predicted molar refractivity (Wildman–Crippen MR) is 94.6 cm³/mol. The number of hydrogen-bond acceptors (Lipinski definition) is 6. The van der Waals surface area contributed by atoms with Gasteiger partial charge < -0.3 is 15.2 Å². The average Bonchev–Trinajstić information content (AvgIpc) is 3.03. The molecule has 1 fully saturated rings. The van der Waals surface area contributed by atoms with Gasteiger partial charge in [0.15, 0.2) is 0 Å². The molecule has 1 aliphatic heterocycles. The average molecular weight is 343 g/mol. The number of carbonyl (C=O) groups excluding carboxylic acids is 1. The Morgan fingerprint density at radius 3 is 2.44 bits per heavy atom. The molecule has 1 saturated heterocycles. The van der Waals surface area contributed by atoms with Crippen LogP contribution in [0.2, 0.25) is 0 Å². The van der Waals surface area contributed by atoms with Crippen LogP contribution in [0.5, 0.6) is 0 Å². The Bertz CT molecular complexity index is 725. The highest BCUT2D eigenvalue weighted by Crippen LogP contribution is 2.17. The second-order valence-electron chi connectivity index (χ2n) is 7.17. The summed E-state index contributed by atoms with van der Waals surface area (Å²) in [6.07, 6.45) is 0. The van der Waals surface area contributed by atoms with E-state index in [0.717, 1.165) is 18.7 Å². The first-order valence-electron chi connectivity index (χ1n) is 8.53. The van der Waals surface area contributed by atoms with E-state index in [9.17, 15) is 4.79 Å². The Kier molecular flexibility index (Phi) is 4.87. The molecular weight excluding hydrogens is 318 g/mol. The maximum Gasteiger partial charge on any atom is 0.242 e. The number of piperazine rings is 1. The largest absolute Gasteiger partial charge is 0.339 e. The minimum absolute atomic E-state index is 0.00778. The van der Waals surface area contributed by atoms with Crippen molar-refractivity contribution in [1.29, 1.82) is 0 Å². The van der Waals surface area contributed by atoms with Crippen LogP contribution >= 0.6 is 0 Å². The summed E-state index contributed by atoms with van der Waals surface area (Å²) in [5.41, 5.74) is 7.22. The zero-order chi connectivity index (χ0) is 18.0. The molecule has 134 valence electrons. The van der Waals surface area contributed by atoms with Gasteiger partial charge in [0.05, 0.1) is 12.1 Å². The van der Waals surface area contributed by atoms with Crippen molar-refractivity contribution in [3.8, 4) is 11.4 Å². The minimum atomic E-state index is -0.822. The van der Waals surface area contributed by atoms with Crippen molar-refractivity contribution in [2.75, 3.05) is 26.2 Å². The third kappa shape index (κ3) is 4.24. The highest BCUT2D eigenvalue weighted by molar-refractivity contribution is 5.85. The van der Waals surface area contributed by atoms with Gasteiger partial charge in [0.1, 0.15) is 0 Å². The van der Waals surface area contributed by atoms with Crippen molar-refractivity contribution < 1.29 is 9.32 Å². The summed E-state index contributed by atoms with van der Waals surface area (Å²) in [6, 6.07) is 8.03. The van der Waals surface area contributed by atoms with Gasteiger partial charge in [-0.3, -0.25) is 9.69 Å². The Hall–Kier alpha value is -2.25. The van der Waals surface area contributed by atoms with E-state index < -0.39 is 5.54 Å². The third-order valence-electron chi connectivity index (χ3n) is 4.35. The molecule has 7 heteroatoms. The SMILES string of the molecule is Cc1ccc(-c2noc(CN3CCN(C(=O)C(C)(C)N)CC3)n2)cc1. The van der Waals surface area contributed by atoms with Crippen LogP contribution in [0.25, 0.3) is 11.4 Å². The number of amides is 1.